The van der Waals surface area contributed by atoms with Gasteiger partial charge in [-0.3, -0.25) is 14.8 Å². The van der Waals surface area contributed by atoms with Crippen LogP contribution in [0.2, 0.25) is 0 Å². The van der Waals surface area contributed by atoms with E-state index in [0.717, 1.165) is 52.0 Å². The first-order valence-electron chi connectivity index (χ1n) is 9.06. The predicted octanol–water partition coefficient (Wildman–Crippen LogP) is 2.79. The summed E-state index contributed by atoms with van der Waals surface area (Å²) >= 11 is 1.75. The van der Waals surface area contributed by atoms with Crippen LogP contribution in [-0.4, -0.2) is 58.2 Å². The van der Waals surface area contributed by atoms with Gasteiger partial charge in [0.05, 0.1) is 18.8 Å². The minimum atomic E-state index is 0.0905. The van der Waals surface area contributed by atoms with Gasteiger partial charge in [0.2, 0.25) is 0 Å². The molecule has 0 unspecified atom stereocenters. The van der Waals surface area contributed by atoms with E-state index in [4.69, 9.17) is 4.74 Å². The molecule has 6 heteroatoms. The molecule has 0 bridgehead atoms. The SMILES string of the molecule is CN(Cc1cccnc1)[C@@H]1COC2(CCN(Cc3nccs3)CC2)C1. The van der Waals surface area contributed by atoms with Gasteiger partial charge >= 0.3 is 0 Å². The first kappa shape index (κ1) is 17.1. The third kappa shape index (κ3) is 4.08. The third-order valence-electron chi connectivity index (χ3n) is 5.58. The number of ether oxygens (including phenoxy) is 1. The first-order valence-corrected chi connectivity index (χ1v) is 9.94. The summed E-state index contributed by atoms with van der Waals surface area (Å²) in [5, 5.41) is 3.28. The van der Waals surface area contributed by atoms with E-state index in [0.29, 0.717) is 6.04 Å². The van der Waals surface area contributed by atoms with Crippen molar-refractivity contribution >= 4 is 11.3 Å². The van der Waals surface area contributed by atoms with E-state index in [9.17, 15) is 0 Å². The zero-order chi connectivity index (χ0) is 17.1. The number of aromatic nitrogens is 2. The topological polar surface area (TPSA) is 41.5 Å². The van der Waals surface area contributed by atoms with Crippen LogP contribution in [0.3, 0.4) is 0 Å². The monoisotopic (exact) mass is 358 g/mol. The number of likely N-dealkylation sites (tertiary alicyclic amines) is 1. The second-order valence-corrected chi connectivity index (χ2v) is 8.31. The Morgan fingerprint density at radius 2 is 2.24 bits per heavy atom. The second kappa shape index (κ2) is 7.50. The van der Waals surface area contributed by atoms with Crippen LogP contribution < -0.4 is 0 Å². The van der Waals surface area contributed by atoms with Crippen molar-refractivity contribution < 1.29 is 4.74 Å². The van der Waals surface area contributed by atoms with E-state index in [2.05, 4.69) is 38.3 Å². The van der Waals surface area contributed by atoms with Crippen LogP contribution >= 0.6 is 11.3 Å². The highest BCUT2D eigenvalue weighted by molar-refractivity contribution is 7.09. The first-order chi connectivity index (χ1) is 12.2. The molecule has 4 rings (SSSR count). The maximum atomic E-state index is 6.34. The molecule has 0 radical (unpaired) electrons. The Morgan fingerprint density at radius 1 is 1.36 bits per heavy atom. The molecule has 2 aromatic heterocycles. The van der Waals surface area contributed by atoms with Gasteiger partial charge in [-0.05, 0) is 37.9 Å². The number of thiazole rings is 1. The van der Waals surface area contributed by atoms with Gasteiger partial charge in [-0.2, -0.15) is 0 Å². The maximum absolute atomic E-state index is 6.34. The number of nitrogens with zero attached hydrogens (tertiary/aromatic N) is 4. The van der Waals surface area contributed by atoms with Crippen molar-refractivity contribution in [1.82, 2.24) is 19.8 Å². The molecule has 0 amide bonds. The normalized spacial score (nSPS) is 23.5. The summed E-state index contributed by atoms with van der Waals surface area (Å²) in [5.41, 5.74) is 1.36. The summed E-state index contributed by atoms with van der Waals surface area (Å²) in [7, 11) is 2.21. The molecule has 2 aromatic rings. The number of hydrogen-bond acceptors (Lipinski definition) is 6. The zero-order valence-electron chi connectivity index (χ0n) is 14.8. The lowest BCUT2D eigenvalue weighted by Gasteiger charge is -2.38. The van der Waals surface area contributed by atoms with Crippen molar-refractivity contribution in [2.24, 2.45) is 0 Å². The third-order valence-corrected chi connectivity index (χ3v) is 6.34. The molecular weight excluding hydrogens is 332 g/mol. The summed E-state index contributed by atoms with van der Waals surface area (Å²) < 4.78 is 6.34. The molecule has 2 fully saturated rings. The Morgan fingerprint density at radius 3 is 2.96 bits per heavy atom. The van der Waals surface area contributed by atoms with Crippen molar-refractivity contribution in [3.05, 3.63) is 46.7 Å². The highest BCUT2D eigenvalue weighted by Crippen LogP contribution is 2.38. The fourth-order valence-electron chi connectivity index (χ4n) is 4.00. The Hall–Kier alpha value is -1.34. The van der Waals surface area contributed by atoms with Crippen LogP contribution in [0.5, 0.6) is 0 Å². The van der Waals surface area contributed by atoms with E-state index in [1.54, 1.807) is 11.3 Å². The maximum Gasteiger partial charge on any atom is 0.107 e. The minimum absolute atomic E-state index is 0.0905. The Labute approximate surface area is 153 Å². The molecule has 2 aliphatic heterocycles. The largest absolute Gasteiger partial charge is 0.373 e. The standard InChI is InChI=1S/C19H26N4OS/c1-22(13-16-3-2-6-20-12-16)17-11-19(24-15-17)4-8-23(9-5-19)14-18-21-7-10-25-18/h2-3,6-7,10,12,17H,4-5,8-9,11,13-15H2,1H3/t17-/m0/s1. The van der Waals surface area contributed by atoms with Crippen LogP contribution in [0.25, 0.3) is 0 Å². The van der Waals surface area contributed by atoms with Crippen LogP contribution in [0.15, 0.2) is 36.1 Å². The summed E-state index contributed by atoms with van der Waals surface area (Å²) in [6, 6.07) is 4.66. The lowest BCUT2D eigenvalue weighted by Crippen LogP contribution is -2.44. The number of pyridine rings is 1. The molecular formula is C19H26N4OS. The molecule has 4 heterocycles. The molecule has 1 spiro atoms. The zero-order valence-corrected chi connectivity index (χ0v) is 15.6. The van der Waals surface area contributed by atoms with Gasteiger partial charge in [0.25, 0.3) is 0 Å². The van der Waals surface area contributed by atoms with Gasteiger partial charge in [-0.15, -0.1) is 11.3 Å². The van der Waals surface area contributed by atoms with Gasteiger partial charge in [-0.25, -0.2) is 4.98 Å². The van der Waals surface area contributed by atoms with Crippen LogP contribution in [0.1, 0.15) is 29.8 Å². The lowest BCUT2D eigenvalue weighted by atomic mass is 9.87. The van der Waals surface area contributed by atoms with Crippen molar-refractivity contribution in [2.45, 2.75) is 44.0 Å². The van der Waals surface area contributed by atoms with Gasteiger partial charge in [0.15, 0.2) is 0 Å². The molecule has 5 nitrogen and oxygen atoms in total. The fraction of sp³-hybridized carbons (Fsp3) is 0.579. The van der Waals surface area contributed by atoms with Crippen LogP contribution in [0.4, 0.5) is 0 Å². The number of likely N-dealkylation sites (N-methyl/N-ethyl adjacent to an activating group) is 1. The second-order valence-electron chi connectivity index (χ2n) is 7.33. The van der Waals surface area contributed by atoms with Gasteiger partial charge < -0.3 is 4.74 Å². The van der Waals surface area contributed by atoms with E-state index in [-0.39, 0.29) is 5.60 Å². The van der Waals surface area contributed by atoms with Crippen molar-refractivity contribution in [3.8, 4) is 0 Å². The molecule has 134 valence electrons. The molecule has 2 saturated heterocycles. The molecule has 0 saturated carbocycles. The molecule has 1 atom stereocenters. The number of piperidine rings is 1. The highest BCUT2D eigenvalue weighted by atomic mass is 32.1. The Balaban J connectivity index is 1.28. The van der Waals surface area contributed by atoms with Crippen molar-refractivity contribution in [3.63, 3.8) is 0 Å². The summed E-state index contributed by atoms with van der Waals surface area (Å²) in [4.78, 5) is 13.6. The van der Waals surface area contributed by atoms with Gasteiger partial charge in [-0.1, -0.05) is 6.07 Å². The molecule has 25 heavy (non-hydrogen) atoms. The number of hydrogen-bond donors (Lipinski definition) is 0. The van der Waals surface area contributed by atoms with Crippen molar-refractivity contribution in [2.75, 3.05) is 26.7 Å². The molecule has 2 aliphatic rings. The van der Waals surface area contributed by atoms with Gasteiger partial charge in [0, 0.05) is 49.6 Å². The van der Waals surface area contributed by atoms with E-state index in [1.807, 2.05) is 24.7 Å². The van der Waals surface area contributed by atoms with Crippen molar-refractivity contribution in [1.29, 1.82) is 0 Å². The van der Waals surface area contributed by atoms with Crippen LogP contribution in [-0.2, 0) is 17.8 Å². The smallest absolute Gasteiger partial charge is 0.107 e. The summed E-state index contributed by atoms with van der Waals surface area (Å²) in [5.74, 6) is 0. The predicted molar refractivity (Wildman–Crippen MR) is 99.4 cm³/mol. The van der Waals surface area contributed by atoms with E-state index in [1.165, 1.54) is 10.6 Å². The quantitative estimate of drug-likeness (QED) is 0.822. The Bertz CT molecular complexity index is 655. The van der Waals surface area contributed by atoms with Gasteiger partial charge in [0.1, 0.15) is 5.01 Å². The summed E-state index contributed by atoms with van der Waals surface area (Å²) in [6.07, 6.45) is 9.10. The lowest BCUT2D eigenvalue weighted by molar-refractivity contribution is -0.0452. The fourth-order valence-corrected chi connectivity index (χ4v) is 4.66. The highest BCUT2D eigenvalue weighted by Gasteiger charge is 2.43. The Kier molecular flexibility index (Phi) is 5.12. The summed E-state index contributed by atoms with van der Waals surface area (Å²) in [6.45, 7) is 4.99. The number of rotatable bonds is 5. The van der Waals surface area contributed by atoms with E-state index >= 15 is 0 Å². The minimum Gasteiger partial charge on any atom is -0.373 e. The molecule has 0 N–H and O–H groups in total. The molecule has 0 aliphatic carbocycles. The average molecular weight is 359 g/mol. The average Bonchev–Trinajstić information content (AvgIpc) is 3.29. The van der Waals surface area contributed by atoms with Crippen LogP contribution in [0, 0.1) is 0 Å². The van der Waals surface area contributed by atoms with E-state index < -0.39 is 0 Å². The molecule has 0 aromatic carbocycles.